The van der Waals surface area contributed by atoms with Crippen molar-refractivity contribution in [1.29, 1.82) is 0 Å². The fourth-order valence-corrected chi connectivity index (χ4v) is 3.26. The van der Waals surface area contributed by atoms with Gasteiger partial charge >= 0.3 is 5.97 Å². The number of aliphatic hydroxyl groups excluding tert-OH is 1. The van der Waals surface area contributed by atoms with Crippen LogP contribution in [0.5, 0.6) is 0 Å². The molecule has 0 unspecified atom stereocenters. The number of hydrogen-bond donors (Lipinski definition) is 1. The minimum atomic E-state index is -3.46. The number of carbonyl (C=O) groups is 1. The standard InChI is InChI=1S/C10H19NO5S/c1-2-16-10(13)5-8-17(14,15)11(6-7-12)9-3-4-9/h9,12H,2-8H2,1H3. The second-order valence-corrected chi connectivity index (χ2v) is 5.98. The molecule has 0 radical (unpaired) electrons. The van der Waals surface area contributed by atoms with Gasteiger partial charge in [0, 0.05) is 12.6 Å². The summed E-state index contributed by atoms with van der Waals surface area (Å²) in [5.74, 6) is -0.752. The molecule has 0 aromatic heterocycles. The van der Waals surface area contributed by atoms with E-state index < -0.39 is 16.0 Å². The highest BCUT2D eigenvalue weighted by Crippen LogP contribution is 2.29. The smallest absolute Gasteiger partial charge is 0.306 e. The van der Waals surface area contributed by atoms with Crippen molar-refractivity contribution in [3.05, 3.63) is 0 Å². The average molecular weight is 265 g/mol. The summed E-state index contributed by atoms with van der Waals surface area (Å²) >= 11 is 0. The normalized spacial score (nSPS) is 16.2. The molecule has 100 valence electrons. The Balaban J connectivity index is 2.50. The molecule has 0 aromatic rings. The molecular weight excluding hydrogens is 246 g/mol. The van der Waals surface area contributed by atoms with Crippen molar-refractivity contribution in [2.45, 2.75) is 32.2 Å². The molecule has 1 saturated carbocycles. The minimum absolute atomic E-state index is 0.00865. The first kappa shape index (κ1) is 14.4. The number of ether oxygens (including phenoxy) is 1. The summed E-state index contributed by atoms with van der Waals surface area (Å²) in [6.45, 7) is 1.83. The van der Waals surface area contributed by atoms with Crippen LogP contribution in [0.1, 0.15) is 26.2 Å². The Bertz CT molecular complexity index is 350. The molecule has 1 aliphatic rings. The lowest BCUT2D eigenvalue weighted by atomic mass is 10.5. The zero-order valence-electron chi connectivity index (χ0n) is 9.96. The van der Waals surface area contributed by atoms with Crippen LogP contribution >= 0.6 is 0 Å². The van der Waals surface area contributed by atoms with Gasteiger partial charge in [-0.15, -0.1) is 0 Å². The van der Waals surface area contributed by atoms with Gasteiger partial charge in [-0.25, -0.2) is 8.42 Å². The number of carbonyl (C=O) groups excluding carboxylic acids is 1. The monoisotopic (exact) mass is 265 g/mol. The molecule has 0 amide bonds. The SMILES string of the molecule is CCOC(=O)CCS(=O)(=O)N(CCO)C1CC1. The number of esters is 1. The molecule has 0 spiro atoms. The van der Waals surface area contributed by atoms with E-state index >= 15 is 0 Å². The highest BCUT2D eigenvalue weighted by molar-refractivity contribution is 7.89. The summed E-state index contributed by atoms with van der Waals surface area (Å²) in [5.41, 5.74) is 0. The molecule has 17 heavy (non-hydrogen) atoms. The van der Waals surface area contributed by atoms with Gasteiger partial charge in [0.15, 0.2) is 0 Å². The summed E-state index contributed by atoms with van der Waals surface area (Å²) < 4.78 is 29.8. The summed E-state index contributed by atoms with van der Waals surface area (Å²) in [6.07, 6.45) is 1.53. The Morgan fingerprint density at radius 3 is 2.59 bits per heavy atom. The summed E-state index contributed by atoms with van der Waals surface area (Å²) in [4.78, 5) is 11.1. The van der Waals surface area contributed by atoms with Gasteiger partial charge in [-0.1, -0.05) is 0 Å². The van der Waals surface area contributed by atoms with Gasteiger partial charge in [0.25, 0.3) is 0 Å². The van der Waals surface area contributed by atoms with Crippen LogP contribution in [0.3, 0.4) is 0 Å². The number of rotatable bonds is 8. The fourth-order valence-electron chi connectivity index (χ4n) is 1.57. The third-order valence-corrected chi connectivity index (χ3v) is 4.42. The molecule has 0 aromatic carbocycles. The van der Waals surface area contributed by atoms with E-state index in [0.29, 0.717) is 0 Å². The van der Waals surface area contributed by atoms with Crippen molar-refractivity contribution in [2.75, 3.05) is 25.5 Å². The van der Waals surface area contributed by atoms with Crippen molar-refractivity contribution < 1.29 is 23.1 Å². The quantitative estimate of drug-likeness (QED) is 0.611. The van der Waals surface area contributed by atoms with E-state index in [2.05, 4.69) is 4.74 Å². The van der Waals surface area contributed by atoms with E-state index in [1.54, 1.807) is 6.92 Å². The maximum atomic E-state index is 11.9. The van der Waals surface area contributed by atoms with Crippen LogP contribution in [0.4, 0.5) is 0 Å². The van der Waals surface area contributed by atoms with E-state index in [0.717, 1.165) is 12.8 Å². The minimum Gasteiger partial charge on any atom is -0.466 e. The van der Waals surface area contributed by atoms with Crippen molar-refractivity contribution >= 4 is 16.0 Å². The molecular formula is C10H19NO5S. The highest BCUT2D eigenvalue weighted by Gasteiger charge is 2.36. The second-order valence-electron chi connectivity index (χ2n) is 3.94. The Hall–Kier alpha value is -0.660. The van der Waals surface area contributed by atoms with E-state index in [1.165, 1.54) is 4.31 Å². The van der Waals surface area contributed by atoms with E-state index in [9.17, 15) is 13.2 Å². The Kier molecular flexibility index (Phi) is 5.35. The third-order valence-electron chi connectivity index (χ3n) is 2.50. The van der Waals surface area contributed by atoms with Gasteiger partial charge in [-0.3, -0.25) is 4.79 Å². The van der Waals surface area contributed by atoms with E-state index in [1.807, 2.05) is 0 Å². The number of hydrogen-bond acceptors (Lipinski definition) is 5. The van der Waals surface area contributed by atoms with Crippen LogP contribution in [0, 0.1) is 0 Å². The van der Waals surface area contributed by atoms with Gasteiger partial charge in [-0.2, -0.15) is 4.31 Å². The van der Waals surface area contributed by atoms with Crippen molar-refractivity contribution in [2.24, 2.45) is 0 Å². The summed E-state index contributed by atoms with van der Waals surface area (Å²) in [7, 11) is -3.46. The maximum Gasteiger partial charge on any atom is 0.306 e. The van der Waals surface area contributed by atoms with Crippen molar-refractivity contribution in [1.82, 2.24) is 4.31 Å². The molecule has 0 saturated heterocycles. The first-order valence-corrected chi connectivity index (χ1v) is 7.38. The summed E-state index contributed by atoms with van der Waals surface area (Å²) in [6, 6.07) is 0.00865. The van der Waals surface area contributed by atoms with Crippen molar-refractivity contribution in [3.63, 3.8) is 0 Å². The van der Waals surface area contributed by atoms with Gasteiger partial charge in [0.1, 0.15) is 0 Å². The molecule has 0 heterocycles. The molecule has 6 nitrogen and oxygen atoms in total. The first-order valence-electron chi connectivity index (χ1n) is 5.77. The third kappa shape index (κ3) is 4.61. The molecule has 0 bridgehead atoms. The topological polar surface area (TPSA) is 83.9 Å². The van der Waals surface area contributed by atoms with Gasteiger partial charge in [0.05, 0.1) is 25.4 Å². The zero-order chi connectivity index (χ0) is 12.9. The summed E-state index contributed by atoms with van der Waals surface area (Å²) in [5, 5.41) is 8.84. The lowest BCUT2D eigenvalue weighted by Gasteiger charge is -2.20. The Morgan fingerprint density at radius 2 is 2.12 bits per heavy atom. The second kappa shape index (κ2) is 6.32. The number of nitrogens with zero attached hydrogens (tertiary/aromatic N) is 1. The van der Waals surface area contributed by atoms with Crippen LogP contribution in [0.25, 0.3) is 0 Å². The van der Waals surface area contributed by atoms with E-state index in [4.69, 9.17) is 5.11 Å². The number of aliphatic hydroxyl groups is 1. The fraction of sp³-hybridized carbons (Fsp3) is 0.900. The maximum absolute atomic E-state index is 11.9. The molecule has 1 aliphatic carbocycles. The molecule has 0 aliphatic heterocycles. The van der Waals surface area contributed by atoms with Crippen molar-refractivity contribution in [3.8, 4) is 0 Å². The molecule has 0 atom stereocenters. The average Bonchev–Trinajstić information content (AvgIpc) is 3.07. The van der Waals surface area contributed by atoms with Crippen LogP contribution in [-0.4, -0.2) is 55.4 Å². The lowest BCUT2D eigenvalue weighted by Crippen LogP contribution is -2.37. The number of sulfonamides is 1. The van der Waals surface area contributed by atoms with Crippen LogP contribution in [-0.2, 0) is 19.6 Å². The predicted molar refractivity (Wildman–Crippen MR) is 61.9 cm³/mol. The Labute approximate surface area is 102 Å². The zero-order valence-corrected chi connectivity index (χ0v) is 10.8. The van der Waals surface area contributed by atoms with Gasteiger partial charge in [-0.05, 0) is 19.8 Å². The van der Waals surface area contributed by atoms with Crippen LogP contribution in [0.15, 0.2) is 0 Å². The van der Waals surface area contributed by atoms with Gasteiger partial charge < -0.3 is 9.84 Å². The molecule has 1 rings (SSSR count). The van der Waals surface area contributed by atoms with Crippen LogP contribution in [0.2, 0.25) is 0 Å². The molecule has 1 N–H and O–H groups in total. The largest absolute Gasteiger partial charge is 0.466 e. The predicted octanol–water partition coefficient (Wildman–Crippen LogP) is -0.274. The molecule has 7 heteroatoms. The lowest BCUT2D eigenvalue weighted by molar-refractivity contribution is -0.142. The van der Waals surface area contributed by atoms with Gasteiger partial charge in [0.2, 0.25) is 10.0 Å². The Morgan fingerprint density at radius 1 is 1.47 bits per heavy atom. The van der Waals surface area contributed by atoms with Crippen LogP contribution < -0.4 is 0 Å². The highest BCUT2D eigenvalue weighted by atomic mass is 32.2. The van der Waals surface area contributed by atoms with E-state index in [-0.39, 0.29) is 38.0 Å². The first-order chi connectivity index (χ1) is 8.01. The molecule has 1 fully saturated rings.